The third-order valence-electron chi connectivity index (χ3n) is 10.2. The van der Waals surface area contributed by atoms with Gasteiger partial charge in [0.1, 0.15) is 12.0 Å². The number of aromatic carboxylic acids is 1. The van der Waals surface area contributed by atoms with Gasteiger partial charge in [-0.3, -0.25) is 9.69 Å². The first-order chi connectivity index (χ1) is 21.9. The molecule has 3 aliphatic rings. The summed E-state index contributed by atoms with van der Waals surface area (Å²) in [6.45, 7) is 7.52. The fourth-order valence-electron chi connectivity index (χ4n) is 7.51. The first-order valence-electron chi connectivity index (χ1n) is 16.7. The largest absolute Gasteiger partial charge is 0.478 e. The van der Waals surface area contributed by atoms with Gasteiger partial charge in [-0.1, -0.05) is 42.0 Å². The quantitative estimate of drug-likeness (QED) is 0.310. The minimum Gasteiger partial charge on any atom is -0.478 e. The first kappa shape index (κ1) is 31.4. The van der Waals surface area contributed by atoms with Gasteiger partial charge in [0.2, 0.25) is 0 Å². The lowest BCUT2D eigenvalue weighted by atomic mass is 9.88. The van der Waals surface area contributed by atoms with Crippen LogP contribution in [-0.2, 0) is 11.2 Å². The zero-order chi connectivity index (χ0) is 31.3. The minimum absolute atomic E-state index is 0.00459. The highest BCUT2D eigenvalue weighted by Crippen LogP contribution is 2.34. The SMILES string of the molecule is Cc1ccc([C@@H]2CCC[C@H](CCc3ncnc(C(=O)N4CCC(N5CCCC(c6cccc(C(=O)O)c6)C5)CC4)c3C)O2)cc1. The summed E-state index contributed by atoms with van der Waals surface area (Å²) >= 11 is 0. The maximum Gasteiger partial charge on any atom is 0.335 e. The molecule has 3 atom stereocenters. The van der Waals surface area contributed by atoms with E-state index in [9.17, 15) is 14.7 Å². The number of likely N-dealkylation sites (tertiary alicyclic amines) is 2. The van der Waals surface area contributed by atoms with Crippen molar-refractivity contribution < 1.29 is 19.4 Å². The Morgan fingerprint density at radius 3 is 2.49 bits per heavy atom. The first-order valence-corrected chi connectivity index (χ1v) is 16.7. The fraction of sp³-hybridized carbons (Fsp3) is 0.514. The van der Waals surface area contributed by atoms with Crippen LogP contribution in [0.4, 0.5) is 0 Å². The Labute approximate surface area is 266 Å². The van der Waals surface area contributed by atoms with Crippen molar-refractivity contribution >= 4 is 11.9 Å². The predicted molar refractivity (Wildman–Crippen MR) is 174 cm³/mol. The molecule has 1 N–H and O–H groups in total. The van der Waals surface area contributed by atoms with Crippen molar-refractivity contribution in [1.29, 1.82) is 0 Å². The molecule has 0 saturated carbocycles. The second-order valence-corrected chi connectivity index (χ2v) is 13.2. The average Bonchev–Trinajstić information content (AvgIpc) is 3.08. The van der Waals surface area contributed by atoms with Gasteiger partial charge < -0.3 is 14.7 Å². The summed E-state index contributed by atoms with van der Waals surface area (Å²) < 4.78 is 6.51. The summed E-state index contributed by atoms with van der Waals surface area (Å²) in [5.74, 6) is -0.532. The van der Waals surface area contributed by atoms with Gasteiger partial charge in [-0.2, -0.15) is 0 Å². The van der Waals surface area contributed by atoms with Crippen LogP contribution < -0.4 is 0 Å². The van der Waals surface area contributed by atoms with Crippen molar-refractivity contribution in [2.24, 2.45) is 0 Å². The van der Waals surface area contributed by atoms with Gasteiger partial charge in [0.05, 0.1) is 17.8 Å². The van der Waals surface area contributed by atoms with Crippen LogP contribution in [0.1, 0.15) is 112 Å². The summed E-state index contributed by atoms with van der Waals surface area (Å²) in [6, 6.07) is 16.5. The molecule has 6 rings (SSSR count). The van der Waals surface area contributed by atoms with Crippen LogP contribution in [0.15, 0.2) is 54.9 Å². The molecule has 1 unspecified atom stereocenters. The van der Waals surface area contributed by atoms with E-state index in [0.717, 1.165) is 87.7 Å². The Morgan fingerprint density at radius 2 is 1.71 bits per heavy atom. The van der Waals surface area contributed by atoms with Gasteiger partial charge in [0, 0.05) is 36.9 Å². The number of ether oxygens (including phenoxy) is 1. The van der Waals surface area contributed by atoms with Crippen LogP contribution in [0, 0.1) is 13.8 Å². The van der Waals surface area contributed by atoms with Crippen molar-refractivity contribution in [3.63, 3.8) is 0 Å². The van der Waals surface area contributed by atoms with E-state index in [1.165, 1.54) is 11.1 Å². The molecule has 0 radical (unpaired) electrons. The lowest BCUT2D eigenvalue weighted by molar-refractivity contribution is -0.0547. The van der Waals surface area contributed by atoms with Gasteiger partial charge in [-0.15, -0.1) is 0 Å². The molecule has 1 amide bonds. The molecule has 1 aromatic heterocycles. The second kappa shape index (κ2) is 14.2. The van der Waals surface area contributed by atoms with Crippen molar-refractivity contribution in [3.05, 3.63) is 94.1 Å². The van der Waals surface area contributed by atoms with Crippen molar-refractivity contribution in [3.8, 4) is 0 Å². The van der Waals surface area contributed by atoms with Crippen LogP contribution in [0.25, 0.3) is 0 Å². The van der Waals surface area contributed by atoms with Crippen LogP contribution in [0.5, 0.6) is 0 Å². The highest BCUT2D eigenvalue weighted by Gasteiger charge is 2.32. The molecule has 3 saturated heterocycles. The number of carboxylic acid groups (broad SMARTS) is 1. The molecule has 4 heterocycles. The van der Waals surface area contributed by atoms with E-state index >= 15 is 0 Å². The molecule has 238 valence electrons. The van der Waals surface area contributed by atoms with Gasteiger partial charge >= 0.3 is 5.97 Å². The van der Waals surface area contributed by atoms with Crippen molar-refractivity contribution in [1.82, 2.24) is 19.8 Å². The lowest BCUT2D eigenvalue weighted by Crippen LogP contribution is -2.49. The smallest absolute Gasteiger partial charge is 0.335 e. The Hall–Kier alpha value is -3.62. The second-order valence-electron chi connectivity index (χ2n) is 13.2. The topological polar surface area (TPSA) is 95.9 Å². The van der Waals surface area contributed by atoms with E-state index in [1.54, 1.807) is 12.4 Å². The highest BCUT2D eigenvalue weighted by atomic mass is 16.5. The molecule has 3 aromatic rings. The maximum atomic E-state index is 13.7. The maximum absolute atomic E-state index is 13.7. The molecule has 8 heteroatoms. The van der Waals surface area contributed by atoms with Crippen LogP contribution >= 0.6 is 0 Å². The molecule has 0 bridgehead atoms. The molecule has 3 fully saturated rings. The summed E-state index contributed by atoms with van der Waals surface area (Å²) in [7, 11) is 0. The highest BCUT2D eigenvalue weighted by molar-refractivity contribution is 5.93. The predicted octanol–water partition coefficient (Wildman–Crippen LogP) is 6.52. The summed E-state index contributed by atoms with van der Waals surface area (Å²) in [5, 5.41) is 9.42. The molecular weight excluding hydrogens is 564 g/mol. The normalized spacial score (nSPS) is 23.2. The van der Waals surface area contributed by atoms with E-state index in [0.29, 0.717) is 36.3 Å². The number of rotatable bonds is 8. The fourth-order valence-corrected chi connectivity index (χ4v) is 7.51. The molecule has 0 spiro atoms. The van der Waals surface area contributed by atoms with Crippen LogP contribution in [-0.4, -0.2) is 75.1 Å². The van der Waals surface area contributed by atoms with Crippen LogP contribution in [0.2, 0.25) is 0 Å². The average molecular weight is 611 g/mol. The molecule has 3 aliphatic heterocycles. The summed E-state index contributed by atoms with van der Waals surface area (Å²) in [4.78, 5) is 38.7. The van der Waals surface area contributed by atoms with E-state index < -0.39 is 5.97 Å². The number of carboxylic acids is 1. The van der Waals surface area contributed by atoms with E-state index in [2.05, 4.69) is 52.1 Å². The third kappa shape index (κ3) is 7.45. The Kier molecular flexibility index (Phi) is 9.91. The third-order valence-corrected chi connectivity index (χ3v) is 10.2. The minimum atomic E-state index is -0.877. The van der Waals surface area contributed by atoms with Crippen molar-refractivity contribution in [2.45, 2.75) is 95.8 Å². The number of amides is 1. The standard InChI is InChI=1S/C37H46N4O4/c1-25-11-13-27(14-12-25)34-10-4-9-32(45-34)15-16-33-26(2)35(39-24-38-33)36(42)40-20-17-31(18-21-40)41-19-5-8-30(23-41)28-6-3-7-29(22-28)37(43)44/h3,6-7,11-14,22,24,30-32,34H,4-5,8-10,15-21,23H2,1-2H3,(H,43,44)/t30?,32-,34+/m1/s1. The Morgan fingerprint density at radius 1 is 0.911 bits per heavy atom. The number of carbonyl (C=O) groups excluding carboxylic acids is 1. The molecule has 45 heavy (non-hydrogen) atoms. The Bertz CT molecular complexity index is 1480. The summed E-state index contributed by atoms with van der Waals surface area (Å²) in [6.07, 6.45) is 10.9. The van der Waals surface area contributed by atoms with E-state index in [-0.39, 0.29) is 18.1 Å². The zero-order valence-electron chi connectivity index (χ0n) is 26.7. The van der Waals surface area contributed by atoms with E-state index in [1.807, 2.05) is 24.0 Å². The van der Waals surface area contributed by atoms with Gasteiger partial charge in [-0.05, 0) is 107 Å². The Balaban J connectivity index is 1.02. The molecule has 0 aliphatic carbocycles. The zero-order valence-corrected chi connectivity index (χ0v) is 26.7. The number of benzene rings is 2. The van der Waals surface area contributed by atoms with Gasteiger partial charge in [0.25, 0.3) is 5.91 Å². The lowest BCUT2D eigenvalue weighted by Gasteiger charge is -2.42. The monoisotopic (exact) mass is 610 g/mol. The molecule has 2 aromatic carbocycles. The van der Waals surface area contributed by atoms with E-state index in [4.69, 9.17) is 4.74 Å². The van der Waals surface area contributed by atoms with Crippen molar-refractivity contribution in [2.75, 3.05) is 26.2 Å². The number of hydrogen-bond acceptors (Lipinski definition) is 6. The van der Waals surface area contributed by atoms with Gasteiger partial charge in [0.15, 0.2) is 0 Å². The number of piperidine rings is 2. The number of aryl methyl sites for hydroxylation is 2. The number of carbonyl (C=O) groups is 2. The summed E-state index contributed by atoms with van der Waals surface area (Å²) in [5.41, 5.74) is 6.34. The van der Waals surface area contributed by atoms with Gasteiger partial charge in [-0.25, -0.2) is 14.8 Å². The van der Waals surface area contributed by atoms with Crippen LogP contribution in [0.3, 0.4) is 0 Å². The number of nitrogens with zero attached hydrogens (tertiary/aromatic N) is 4. The number of aromatic nitrogens is 2. The molecular formula is C37H46N4O4. The molecule has 8 nitrogen and oxygen atoms in total. The number of hydrogen-bond donors (Lipinski definition) is 1.